The molecular weight excluding hydrogens is 516 g/mol. The van der Waals surface area contributed by atoms with Crippen molar-refractivity contribution in [2.75, 3.05) is 20.2 Å². The highest BCUT2D eigenvalue weighted by Crippen LogP contribution is 2.38. The lowest BCUT2D eigenvalue weighted by Crippen LogP contribution is -2.51. The summed E-state index contributed by atoms with van der Waals surface area (Å²) in [5, 5.41) is 11.7. The van der Waals surface area contributed by atoms with Crippen molar-refractivity contribution in [3.05, 3.63) is 69.7 Å². The number of nitrogens with one attached hydrogen (secondary N) is 2. The van der Waals surface area contributed by atoms with Gasteiger partial charge in [0.25, 0.3) is 5.90 Å². The third kappa shape index (κ3) is 7.13. The molecule has 2 N–H and O–H groups in total. The van der Waals surface area contributed by atoms with Crippen LogP contribution in [0.4, 0.5) is 18.0 Å². The lowest BCUT2D eigenvalue weighted by atomic mass is 9.71. The summed E-state index contributed by atoms with van der Waals surface area (Å²) in [6, 6.07) is 14.4. The average molecular weight is 543 g/mol. The van der Waals surface area contributed by atoms with Gasteiger partial charge in [0.05, 0.1) is 17.2 Å². The highest BCUT2D eigenvalue weighted by Gasteiger charge is 2.40. The third-order valence-corrected chi connectivity index (χ3v) is 6.93. The Morgan fingerprint density at radius 3 is 2.56 bits per heavy atom. The van der Waals surface area contributed by atoms with Gasteiger partial charge in [-0.1, -0.05) is 59.6 Å². The minimum atomic E-state index is -4.77. The van der Waals surface area contributed by atoms with Gasteiger partial charge in [-0.3, -0.25) is 5.41 Å². The van der Waals surface area contributed by atoms with Crippen molar-refractivity contribution < 1.29 is 22.7 Å². The van der Waals surface area contributed by atoms with E-state index in [9.17, 15) is 18.0 Å². The lowest BCUT2D eigenvalue weighted by molar-refractivity contribution is -0.0754. The first-order chi connectivity index (χ1) is 17.0. The van der Waals surface area contributed by atoms with Gasteiger partial charge in [-0.05, 0) is 42.5 Å². The van der Waals surface area contributed by atoms with Crippen LogP contribution in [0.25, 0.3) is 0 Å². The van der Waals surface area contributed by atoms with Gasteiger partial charge in [-0.2, -0.15) is 18.2 Å². The number of alkyl halides is 3. The number of hydrogen-bond donors (Lipinski definition) is 2. The van der Waals surface area contributed by atoms with Crippen LogP contribution in [0.5, 0.6) is 0 Å². The zero-order valence-electron chi connectivity index (χ0n) is 19.7. The molecule has 1 aliphatic rings. The summed E-state index contributed by atoms with van der Waals surface area (Å²) in [5.74, 6) is -1.88. The standard InChI is InChI=1S/C25H27Cl2F3N4O2/c1-36-22(25(28,29)30)33-21(31)10-12-24(18-6-3-2-4-7-18)11-5-13-34(16-24)23(35)32-15-17-8-9-19(26)20(27)14-17/h2-4,6-9,14,31H,5,10-13,15-16H2,1H3,(H,32,35)/b31-21?,33-22-. The normalized spacial score (nSPS) is 18.6. The number of carbonyl (C=O) groups is 1. The number of rotatable bonds is 6. The minimum absolute atomic E-state index is 0.00341. The Kier molecular flexibility index (Phi) is 9.24. The number of ether oxygens (including phenoxy) is 1. The van der Waals surface area contributed by atoms with Crippen molar-refractivity contribution in [3.8, 4) is 0 Å². The van der Waals surface area contributed by atoms with Crippen LogP contribution in [-0.2, 0) is 16.7 Å². The fourth-order valence-corrected chi connectivity index (χ4v) is 4.70. The van der Waals surface area contributed by atoms with Crippen molar-refractivity contribution in [3.63, 3.8) is 0 Å². The molecule has 1 atom stereocenters. The van der Waals surface area contributed by atoms with E-state index in [1.165, 1.54) is 0 Å². The molecule has 1 heterocycles. The van der Waals surface area contributed by atoms with Gasteiger partial charge in [-0.15, -0.1) is 0 Å². The molecule has 11 heteroatoms. The van der Waals surface area contributed by atoms with Crippen LogP contribution in [0.1, 0.15) is 36.8 Å². The van der Waals surface area contributed by atoms with E-state index in [4.69, 9.17) is 28.6 Å². The van der Waals surface area contributed by atoms with E-state index in [0.717, 1.165) is 24.7 Å². The van der Waals surface area contributed by atoms with Crippen LogP contribution in [0.15, 0.2) is 53.5 Å². The Morgan fingerprint density at radius 2 is 1.92 bits per heavy atom. The van der Waals surface area contributed by atoms with Crippen LogP contribution in [0, 0.1) is 5.41 Å². The van der Waals surface area contributed by atoms with Gasteiger partial charge >= 0.3 is 12.2 Å². The number of amides is 2. The van der Waals surface area contributed by atoms with Crippen molar-refractivity contribution in [1.82, 2.24) is 10.2 Å². The number of nitrogens with zero attached hydrogens (tertiary/aromatic N) is 2. The Bertz CT molecular complexity index is 1110. The Labute approximate surface area is 217 Å². The first kappa shape index (κ1) is 27.8. The van der Waals surface area contributed by atoms with Crippen molar-refractivity contribution >= 4 is 41.0 Å². The zero-order valence-corrected chi connectivity index (χ0v) is 21.2. The summed E-state index contributed by atoms with van der Waals surface area (Å²) in [6.45, 7) is 1.16. The summed E-state index contributed by atoms with van der Waals surface area (Å²) in [5.41, 5.74) is 1.23. The van der Waals surface area contributed by atoms with Gasteiger partial charge in [0.1, 0.15) is 5.84 Å². The summed E-state index contributed by atoms with van der Waals surface area (Å²) in [6.07, 6.45) is -2.99. The molecule has 0 bridgehead atoms. The molecule has 2 aromatic rings. The highest BCUT2D eigenvalue weighted by molar-refractivity contribution is 6.42. The van der Waals surface area contributed by atoms with Crippen molar-refractivity contribution in [2.45, 2.75) is 43.8 Å². The number of urea groups is 1. The van der Waals surface area contributed by atoms with E-state index in [2.05, 4.69) is 15.0 Å². The van der Waals surface area contributed by atoms with E-state index in [1.54, 1.807) is 23.1 Å². The predicted molar refractivity (Wildman–Crippen MR) is 135 cm³/mol. The molecule has 0 spiro atoms. The van der Waals surface area contributed by atoms with Crippen LogP contribution < -0.4 is 5.32 Å². The van der Waals surface area contributed by atoms with E-state index >= 15 is 0 Å². The average Bonchev–Trinajstić information content (AvgIpc) is 2.86. The number of carbonyl (C=O) groups excluding carboxylic acids is 1. The van der Waals surface area contributed by atoms with Gasteiger partial charge in [-0.25, -0.2) is 4.79 Å². The Morgan fingerprint density at radius 1 is 1.19 bits per heavy atom. The topological polar surface area (TPSA) is 77.8 Å². The second-order valence-corrected chi connectivity index (χ2v) is 9.46. The molecule has 6 nitrogen and oxygen atoms in total. The number of halogens is 5. The number of hydrogen-bond acceptors (Lipinski definition) is 3. The molecule has 2 amide bonds. The maximum absolute atomic E-state index is 13.0. The largest absolute Gasteiger partial charge is 0.478 e. The van der Waals surface area contributed by atoms with E-state index < -0.39 is 23.3 Å². The van der Waals surface area contributed by atoms with Gasteiger partial charge < -0.3 is 15.0 Å². The molecule has 2 aromatic carbocycles. The molecule has 194 valence electrons. The van der Waals surface area contributed by atoms with Crippen LogP contribution in [0.3, 0.4) is 0 Å². The number of methoxy groups -OCH3 is 1. The Hall–Kier alpha value is -2.78. The smallest absolute Gasteiger partial charge is 0.468 e. The molecular formula is C25H27Cl2F3N4O2. The maximum Gasteiger partial charge on any atom is 0.468 e. The molecule has 0 aliphatic carbocycles. The highest BCUT2D eigenvalue weighted by atomic mass is 35.5. The first-order valence-electron chi connectivity index (χ1n) is 11.3. The molecule has 36 heavy (non-hydrogen) atoms. The van der Waals surface area contributed by atoms with Crippen LogP contribution in [-0.4, -0.2) is 49.0 Å². The number of likely N-dealkylation sites (tertiary alicyclic amines) is 1. The quantitative estimate of drug-likeness (QED) is 0.318. The first-order valence-corrected chi connectivity index (χ1v) is 12.1. The molecule has 1 saturated heterocycles. The van der Waals surface area contributed by atoms with Gasteiger partial charge in [0.15, 0.2) is 0 Å². The fraction of sp³-hybridized carbons (Fsp3) is 0.400. The molecule has 0 saturated carbocycles. The molecule has 3 rings (SSSR count). The maximum atomic E-state index is 13.0. The fourth-order valence-electron chi connectivity index (χ4n) is 4.38. The molecule has 1 aliphatic heterocycles. The summed E-state index contributed by atoms with van der Waals surface area (Å²) >= 11 is 12.0. The number of benzene rings is 2. The van der Waals surface area contributed by atoms with E-state index in [0.29, 0.717) is 36.0 Å². The minimum Gasteiger partial charge on any atom is -0.478 e. The van der Waals surface area contributed by atoms with E-state index in [-0.39, 0.29) is 19.0 Å². The number of piperidine rings is 1. The predicted octanol–water partition coefficient (Wildman–Crippen LogP) is 6.60. The summed E-state index contributed by atoms with van der Waals surface area (Å²) in [4.78, 5) is 18.1. The molecule has 0 aromatic heterocycles. The second kappa shape index (κ2) is 12.0. The molecule has 0 radical (unpaired) electrons. The summed E-state index contributed by atoms with van der Waals surface area (Å²) < 4.78 is 43.2. The molecule has 1 unspecified atom stereocenters. The van der Waals surface area contributed by atoms with Crippen molar-refractivity contribution in [1.29, 1.82) is 5.41 Å². The number of amidine groups is 1. The Balaban J connectivity index is 1.74. The zero-order chi connectivity index (χ0) is 26.3. The monoisotopic (exact) mass is 542 g/mol. The van der Waals surface area contributed by atoms with Gasteiger partial charge in [0.2, 0.25) is 0 Å². The van der Waals surface area contributed by atoms with Crippen LogP contribution >= 0.6 is 23.2 Å². The van der Waals surface area contributed by atoms with Gasteiger partial charge in [0, 0.05) is 31.5 Å². The van der Waals surface area contributed by atoms with E-state index in [1.807, 2.05) is 30.3 Å². The van der Waals surface area contributed by atoms with Crippen molar-refractivity contribution in [2.24, 2.45) is 4.99 Å². The third-order valence-electron chi connectivity index (χ3n) is 6.19. The number of aliphatic imine (C=N–C) groups is 1. The molecule has 1 fully saturated rings. The SMILES string of the molecule is CO/C(=N\C(=N)CCC1(c2ccccc2)CCCN(C(=O)NCc2ccc(Cl)c(Cl)c2)C1)C(F)(F)F. The second-order valence-electron chi connectivity index (χ2n) is 8.64. The summed E-state index contributed by atoms with van der Waals surface area (Å²) in [7, 11) is 0.876. The van der Waals surface area contributed by atoms with Crippen LogP contribution in [0.2, 0.25) is 10.0 Å². The lowest BCUT2D eigenvalue weighted by Gasteiger charge is -2.43.